The zero-order valence-electron chi connectivity index (χ0n) is 8.85. The van der Waals surface area contributed by atoms with Crippen LogP contribution in [-0.2, 0) is 6.42 Å². The van der Waals surface area contributed by atoms with Gasteiger partial charge in [0, 0.05) is 23.9 Å². The van der Waals surface area contributed by atoms with Gasteiger partial charge in [0.15, 0.2) is 4.73 Å². The van der Waals surface area contributed by atoms with Crippen molar-refractivity contribution in [2.45, 2.75) is 6.42 Å². The Bertz CT molecular complexity index is 488. The van der Waals surface area contributed by atoms with E-state index in [9.17, 15) is 0 Å². The number of ether oxygens (including phenoxy) is 1. The molecule has 0 amide bonds. The number of hydrogen-bond donors (Lipinski definition) is 0. The van der Waals surface area contributed by atoms with Gasteiger partial charge in [-0.3, -0.25) is 0 Å². The van der Waals surface area contributed by atoms with Crippen LogP contribution in [0.15, 0.2) is 41.3 Å². The molecule has 0 saturated carbocycles. The minimum atomic E-state index is 0.611. The molecule has 0 radical (unpaired) electrons. The lowest BCUT2D eigenvalue weighted by atomic mass is 10.1. The normalized spacial score (nSPS) is 10.1. The van der Waals surface area contributed by atoms with Crippen LogP contribution in [0.2, 0.25) is 0 Å². The Morgan fingerprint density at radius 2 is 2.06 bits per heavy atom. The van der Waals surface area contributed by atoms with Gasteiger partial charge in [0.05, 0.1) is 7.11 Å². The molecule has 4 heteroatoms. The van der Waals surface area contributed by atoms with Gasteiger partial charge in [-0.05, 0) is 28.1 Å². The standard InChI is InChI=1S/C12H11BrN2O/c1-16-11-5-3-2-4-9(11)8-10-6-7-14-12(13)15-10/h2-7H,8H2,1H3. The number of para-hydroxylation sites is 1. The van der Waals surface area contributed by atoms with Crippen LogP contribution in [0.4, 0.5) is 0 Å². The summed E-state index contributed by atoms with van der Waals surface area (Å²) in [6.45, 7) is 0. The van der Waals surface area contributed by atoms with E-state index in [0.29, 0.717) is 4.73 Å². The minimum Gasteiger partial charge on any atom is -0.496 e. The number of methoxy groups -OCH3 is 1. The van der Waals surface area contributed by atoms with Crippen LogP contribution in [0.25, 0.3) is 0 Å². The number of hydrogen-bond acceptors (Lipinski definition) is 3. The van der Waals surface area contributed by atoms with E-state index >= 15 is 0 Å². The molecule has 0 fully saturated rings. The molecular formula is C12H11BrN2O. The third-order valence-electron chi connectivity index (χ3n) is 2.25. The monoisotopic (exact) mass is 278 g/mol. The molecule has 0 atom stereocenters. The highest BCUT2D eigenvalue weighted by atomic mass is 79.9. The quantitative estimate of drug-likeness (QED) is 0.810. The molecule has 0 unspecified atom stereocenters. The zero-order chi connectivity index (χ0) is 11.4. The number of rotatable bonds is 3. The fraction of sp³-hybridized carbons (Fsp3) is 0.167. The number of benzene rings is 1. The van der Waals surface area contributed by atoms with Gasteiger partial charge in [-0.1, -0.05) is 18.2 Å². The molecule has 0 N–H and O–H groups in total. The van der Waals surface area contributed by atoms with Crippen molar-refractivity contribution >= 4 is 15.9 Å². The molecule has 2 aromatic rings. The van der Waals surface area contributed by atoms with Crippen molar-refractivity contribution in [3.8, 4) is 5.75 Å². The van der Waals surface area contributed by atoms with E-state index in [-0.39, 0.29) is 0 Å². The summed E-state index contributed by atoms with van der Waals surface area (Å²) in [5.74, 6) is 0.886. The molecule has 0 spiro atoms. The van der Waals surface area contributed by atoms with Crippen LogP contribution < -0.4 is 4.74 Å². The average Bonchev–Trinajstić information content (AvgIpc) is 2.30. The molecule has 0 bridgehead atoms. The van der Waals surface area contributed by atoms with Crippen molar-refractivity contribution in [2.75, 3.05) is 7.11 Å². The van der Waals surface area contributed by atoms with Gasteiger partial charge in [-0.25, -0.2) is 9.97 Å². The molecule has 3 nitrogen and oxygen atoms in total. The molecular weight excluding hydrogens is 268 g/mol. The Kier molecular flexibility index (Phi) is 3.51. The largest absolute Gasteiger partial charge is 0.496 e. The van der Waals surface area contributed by atoms with Gasteiger partial charge >= 0.3 is 0 Å². The van der Waals surface area contributed by atoms with Crippen molar-refractivity contribution < 1.29 is 4.74 Å². The fourth-order valence-corrected chi connectivity index (χ4v) is 1.86. The highest BCUT2D eigenvalue weighted by Crippen LogP contribution is 2.20. The van der Waals surface area contributed by atoms with E-state index < -0.39 is 0 Å². The molecule has 1 aromatic heterocycles. The van der Waals surface area contributed by atoms with E-state index in [1.165, 1.54) is 0 Å². The Balaban J connectivity index is 2.26. The van der Waals surface area contributed by atoms with Gasteiger partial charge in [0.25, 0.3) is 0 Å². The number of halogens is 1. The van der Waals surface area contributed by atoms with Gasteiger partial charge < -0.3 is 4.74 Å². The second-order valence-corrected chi connectivity index (χ2v) is 4.01. The Morgan fingerprint density at radius 1 is 1.25 bits per heavy atom. The molecule has 1 heterocycles. The third kappa shape index (κ3) is 2.58. The number of nitrogens with zero attached hydrogens (tertiary/aromatic N) is 2. The summed E-state index contributed by atoms with van der Waals surface area (Å²) in [4.78, 5) is 8.29. The van der Waals surface area contributed by atoms with Crippen molar-refractivity contribution in [3.05, 3.63) is 52.5 Å². The molecule has 0 saturated heterocycles. The maximum absolute atomic E-state index is 5.29. The van der Waals surface area contributed by atoms with E-state index in [1.54, 1.807) is 13.3 Å². The third-order valence-corrected chi connectivity index (χ3v) is 2.63. The molecule has 0 aliphatic heterocycles. The smallest absolute Gasteiger partial charge is 0.196 e. The molecule has 16 heavy (non-hydrogen) atoms. The van der Waals surface area contributed by atoms with Crippen molar-refractivity contribution in [1.82, 2.24) is 9.97 Å². The minimum absolute atomic E-state index is 0.611. The maximum Gasteiger partial charge on any atom is 0.196 e. The number of aromatic nitrogens is 2. The Morgan fingerprint density at radius 3 is 2.81 bits per heavy atom. The van der Waals surface area contributed by atoms with E-state index in [1.807, 2.05) is 30.3 Å². The summed E-state index contributed by atoms with van der Waals surface area (Å²) in [7, 11) is 1.68. The summed E-state index contributed by atoms with van der Waals surface area (Å²) in [6, 6.07) is 9.84. The van der Waals surface area contributed by atoms with Crippen LogP contribution in [0.1, 0.15) is 11.3 Å². The summed E-state index contributed by atoms with van der Waals surface area (Å²) in [5, 5.41) is 0. The highest BCUT2D eigenvalue weighted by molar-refractivity contribution is 9.10. The fourth-order valence-electron chi connectivity index (χ4n) is 1.51. The first-order valence-corrected chi connectivity index (χ1v) is 5.68. The van der Waals surface area contributed by atoms with Gasteiger partial charge in [-0.15, -0.1) is 0 Å². The van der Waals surface area contributed by atoms with Crippen molar-refractivity contribution in [1.29, 1.82) is 0 Å². The van der Waals surface area contributed by atoms with Gasteiger partial charge in [-0.2, -0.15) is 0 Å². The second-order valence-electron chi connectivity index (χ2n) is 3.31. The average molecular weight is 279 g/mol. The molecule has 82 valence electrons. The molecule has 2 rings (SSSR count). The van der Waals surface area contributed by atoms with Crippen LogP contribution in [-0.4, -0.2) is 17.1 Å². The first-order chi connectivity index (χ1) is 7.79. The first-order valence-electron chi connectivity index (χ1n) is 4.89. The highest BCUT2D eigenvalue weighted by Gasteiger charge is 2.04. The summed E-state index contributed by atoms with van der Waals surface area (Å²) in [6.07, 6.45) is 2.48. The molecule has 0 aliphatic carbocycles. The first kappa shape index (κ1) is 11.1. The molecule has 1 aromatic carbocycles. The lowest BCUT2D eigenvalue weighted by Crippen LogP contribution is -1.96. The van der Waals surface area contributed by atoms with E-state index in [2.05, 4.69) is 25.9 Å². The summed E-state index contributed by atoms with van der Waals surface area (Å²) < 4.78 is 5.90. The topological polar surface area (TPSA) is 35.0 Å². The van der Waals surface area contributed by atoms with Crippen molar-refractivity contribution in [2.24, 2.45) is 0 Å². The lowest BCUT2D eigenvalue weighted by Gasteiger charge is -2.07. The van der Waals surface area contributed by atoms with E-state index in [0.717, 1.165) is 23.4 Å². The Labute approximate surface area is 103 Å². The predicted molar refractivity (Wildman–Crippen MR) is 65.5 cm³/mol. The van der Waals surface area contributed by atoms with Crippen LogP contribution >= 0.6 is 15.9 Å². The lowest BCUT2D eigenvalue weighted by molar-refractivity contribution is 0.410. The van der Waals surface area contributed by atoms with Gasteiger partial charge in [0.2, 0.25) is 0 Å². The Hall–Kier alpha value is -1.42. The van der Waals surface area contributed by atoms with Crippen LogP contribution in [0, 0.1) is 0 Å². The van der Waals surface area contributed by atoms with Gasteiger partial charge in [0.1, 0.15) is 5.75 Å². The van der Waals surface area contributed by atoms with Crippen LogP contribution in [0.3, 0.4) is 0 Å². The second kappa shape index (κ2) is 5.07. The maximum atomic E-state index is 5.29. The summed E-state index contributed by atoms with van der Waals surface area (Å²) >= 11 is 3.26. The SMILES string of the molecule is COc1ccccc1Cc1ccnc(Br)n1. The van der Waals surface area contributed by atoms with E-state index in [4.69, 9.17) is 4.74 Å². The summed E-state index contributed by atoms with van der Waals surface area (Å²) in [5.41, 5.74) is 2.09. The van der Waals surface area contributed by atoms with Crippen molar-refractivity contribution in [3.63, 3.8) is 0 Å². The predicted octanol–water partition coefficient (Wildman–Crippen LogP) is 2.84. The zero-order valence-corrected chi connectivity index (χ0v) is 10.4. The molecule has 0 aliphatic rings. The van der Waals surface area contributed by atoms with Crippen LogP contribution in [0.5, 0.6) is 5.75 Å².